The molecule has 0 spiro atoms. The van der Waals surface area contributed by atoms with Crippen molar-refractivity contribution in [3.05, 3.63) is 52.4 Å². The van der Waals surface area contributed by atoms with Crippen molar-refractivity contribution in [3.8, 4) is 17.6 Å². The molecule has 1 aromatic carbocycles. The van der Waals surface area contributed by atoms with Crippen LogP contribution in [-0.4, -0.2) is 42.8 Å². The van der Waals surface area contributed by atoms with Crippen LogP contribution >= 0.6 is 0 Å². The summed E-state index contributed by atoms with van der Waals surface area (Å²) in [5, 5.41) is 12.2. The zero-order chi connectivity index (χ0) is 24.7. The van der Waals surface area contributed by atoms with Crippen molar-refractivity contribution in [2.45, 2.75) is 40.7 Å². The fourth-order valence-corrected chi connectivity index (χ4v) is 3.76. The number of nitrogens with one attached hydrogen (secondary N) is 1. The van der Waals surface area contributed by atoms with E-state index < -0.39 is 18.5 Å². The first-order valence-electron chi connectivity index (χ1n) is 11.4. The SMILES string of the molecule is Cc1cc(/C=C(\C#N)C(=O)OCC(=O)NCCc2ccc3c(c2)OCCO3)c(C)n1CC(C)C. The van der Waals surface area contributed by atoms with Crippen LogP contribution in [0.1, 0.15) is 36.4 Å². The van der Waals surface area contributed by atoms with Crippen LogP contribution in [0.25, 0.3) is 6.08 Å². The summed E-state index contributed by atoms with van der Waals surface area (Å²) in [5.74, 6) is 0.630. The van der Waals surface area contributed by atoms with E-state index in [4.69, 9.17) is 14.2 Å². The fourth-order valence-electron chi connectivity index (χ4n) is 3.76. The van der Waals surface area contributed by atoms with Gasteiger partial charge in [-0.3, -0.25) is 4.79 Å². The van der Waals surface area contributed by atoms with E-state index in [1.807, 2.05) is 44.2 Å². The normalized spacial score (nSPS) is 12.9. The minimum absolute atomic E-state index is 0.145. The lowest BCUT2D eigenvalue weighted by Crippen LogP contribution is -2.30. The molecule has 0 aliphatic carbocycles. The Morgan fingerprint density at radius 2 is 1.94 bits per heavy atom. The van der Waals surface area contributed by atoms with Gasteiger partial charge in [0.2, 0.25) is 0 Å². The summed E-state index contributed by atoms with van der Waals surface area (Å²) in [6, 6.07) is 9.48. The number of hydrogen-bond acceptors (Lipinski definition) is 6. The van der Waals surface area contributed by atoms with E-state index in [0.29, 0.717) is 43.6 Å². The van der Waals surface area contributed by atoms with E-state index in [1.54, 1.807) is 0 Å². The van der Waals surface area contributed by atoms with Crippen molar-refractivity contribution >= 4 is 18.0 Å². The third kappa shape index (κ3) is 6.41. The van der Waals surface area contributed by atoms with E-state index in [0.717, 1.165) is 29.1 Å². The van der Waals surface area contributed by atoms with E-state index in [9.17, 15) is 14.9 Å². The lowest BCUT2D eigenvalue weighted by molar-refractivity contribution is -0.144. The number of carbonyl (C=O) groups excluding carboxylic acids is 2. The van der Waals surface area contributed by atoms with Crippen molar-refractivity contribution in [1.29, 1.82) is 5.26 Å². The lowest BCUT2D eigenvalue weighted by atomic mass is 10.1. The number of hydrogen-bond donors (Lipinski definition) is 1. The van der Waals surface area contributed by atoms with E-state index in [-0.39, 0.29) is 5.57 Å². The number of nitrogens with zero attached hydrogens (tertiary/aromatic N) is 2. The number of amides is 1. The molecule has 3 rings (SSSR count). The molecule has 1 N–H and O–H groups in total. The van der Waals surface area contributed by atoms with Crippen molar-refractivity contribution in [3.63, 3.8) is 0 Å². The maximum Gasteiger partial charge on any atom is 0.349 e. The molecule has 2 heterocycles. The molecule has 0 unspecified atom stereocenters. The van der Waals surface area contributed by atoms with Gasteiger partial charge in [0.1, 0.15) is 24.9 Å². The van der Waals surface area contributed by atoms with Crippen LogP contribution in [0.4, 0.5) is 0 Å². The lowest BCUT2D eigenvalue weighted by Gasteiger charge is -2.18. The molecule has 34 heavy (non-hydrogen) atoms. The molecule has 0 saturated carbocycles. The second-order valence-corrected chi connectivity index (χ2v) is 8.65. The number of rotatable bonds is 9. The number of fused-ring (bicyclic) bond motifs is 1. The zero-order valence-corrected chi connectivity index (χ0v) is 20.1. The molecule has 180 valence electrons. The Morgan fingerprint density at radius 1 is 1.21 bits per heavy atom. The Labute approximate surface area is 200 Å². The third-order valence-corrected chi connectivity index (χ3v) is 5.48. The average Bonchev–Trinajstić information content (AvgIpc) is 3.07. The highest BCUT2D eigenvalue weighted by Gasteiger charge is 2.16. The number of aryl methyl sites for hydroxylation is 1. The Hall–Kier alpha value is -3.73. The van der Waals surface area contributed by atoms with E-state index in [1.165, 1.54) is 6.08 Å². The molecule has 0 fully saturated rings. The Kier molecular flexibility index (Phi) is 8.36. The van der Waals surface area contributed by atoms with Crippen LogP contribution in [0.2, 0.25) is 0 Å². The third-order valence-electron chi connectivity index (χ3n) is 5.48. The van der Waals surface area contributed by atoms with Gasteiger partial charge < -0.3 is 24.1 Å². The highest BCUT2D eigenvalue weighted by atomic mass is 16.6. The molecule has 0 atom stereocenters. The zero-order valence-electron chi connectivity index (χ0n) is 20.1. The first kappa shape index (κ1) is 24.9. The second-order valence-electron chi connectivity index (χ2n) is 8.65. The fraction of sp³-hybridized carbons (Fsp3) is 0.423. The minimum atomic E-state index is -0.821. The van der Waals surface area contributed by atoms with Crippen LogP contribution in [0, 0.1) is 31.1 Å². The van der Waals surface area contributed by atoms with Gasteiger partial charge in [0.05, 0.1) is 0 Å². The summed E-state index contributed by atoms with van der Waals surface area (Å²) < 4.78 is 18.3. The van der Waals surface area contributed by atoms with Crippen LogP contribution in [0.15, 0.2) is 29.8 Å². The highest BCUT2D eigenvalue weighted by molar-refractivity contribution is 5.99. The quantitative estimate of drug-likeness (QED) is 0.346. The summed E-state index contributed by atoms with van der Waals surface area (Å²) in [7, 11) is 0. The van der Waals surface area contributed by atoms with Crippen LogP contribution in [0.5, 0.6) is 11.5 Å². The summed E-state index contributed by atoms with van der Waals surface area (Å²) in [6.45, 7) is 10.0. The second kappa shape index (κ2) is 11.4. The van der Waals surface area contributed by atoms with Crippen LogP contribution < -0.4 is 14.8 Å². The maximum absolute atomic E-state index is 12.4. The Bertz CT molecular complexity index is 1120. The number of nitriles is 1. The average molecular weight is 466 g/mol. The molecule has 1 aliphatic rings. The maximum atomic E-state index is 12.4. The van der Waals surface area contributed by atoms with Crippen molar-refractivity contribution in [2.24, 2.45) is 5.92 Å². The standard InChI is InChI=1S/C26H31N3O5/c1-17(2)15-29-18(3)11-21(19(29)4)13-22(14-27)26(31)34-16-25(30)28-8-7-20-5-6-23-24(12-20)33-10-9-32-23/h5-6,11-13,17H,7-10,15-16H2,1-4H3,(H,28,30)/b22-13+. The van der Waals surface area contributed by atoms with E-state index in [2.05, 4.69) is 23.7 Å². The smallest absolute Gasteiger partial charge is 0.349 e. The van der Waals surface area contributed by atoms with Gasteiger partial charge in [-0.1, -0.05) is 19.9 Å². The van der Waals surface area contributed by atoms with Crippen LogP contribution in [0.3, 0.4) is 0 Å². The Balaban J connectivity index is 1.50. The number of esters is 1. The topological polar surface area (TPSA) is 103 Å². The number of aromatic nitrogens is 1. The predicted octanol–water partition coefficient (Wildman–Crippen LogP) is 3.34. The van der Waals surface area contributed by atoms with Crippen molar-refractivity contribution in [2.75, 3.05) is 26.4 Å². The predicted molar refractivity (Wildman–Crippen MR) is 127 cm³/mol. The van der Waals surface area contributed by atoms with Gasteiger partial charge >= 0.3 is 5.97 Å². The molecular formula is C26H31N3O5. The van der Waals surface area contributed by atoms with E-state index >= 15 is 0 Å². The molecule has 0 saturated heterocycles. The number of benzene rings is 1. The summed E-state index contributed by atoms with van der Waals surface area (Å²) in [4.78, 5) is 24.5. The Morgan fingerprint density at radius 3 is 2.65 bits per heavy atom. The molecule has 1 aliphatic heterocycles. The molecule has 8 nitrogen and oxygen atoms in total. The first-order valence-corrected chi connectivity index (χ1v) is 11.4. The largest absolute Gasteiger partial charge is 0.486 e. The monoisotopic (exact) mass is 465 g/mol. The highest BCUT2D eigenvalue weighted by Crippen LogP contribution is 2.30. The molecule has 1 amide bonds. The van der Waals surface area contributed by atoms with Gasteiger partial charge in [-0.2, -0.15) is 5.26 Å². The molecular weight excluding hydrogens is 434 g/mol. The van der Waals surface area contributed by atoms with Gasteiger partial charge in [0.15, 0.2) is 18.1 Å². The number of ether oxygens (including phenoxy) is 3. The van der Waals surface area contributed by atoms with Gasteiger partial charge in [0, 0.05) is 24.5 Å². The molecule has 2 aromatic rings. The number of carbonyl (C=O) groups is 2. The minimum Gasteiger partial charge on any atom is -0.486 e. The molecule has 8 heteroatoms. The molecule has 0 radical (unpaired) electrons. The summed E-state index contributed by atoms with van der Waals surface area (Å²) in [5.41, 5.74) is 3.67. The summed E-state index contributed by atoms with van der Waals surface area (Å²) in [6.07, 6.45) is 2.10. The van der Waals surface area contributed by atoms with Crippen LogP contribution in [-0.2, 0) is 27.3 Å². The van der Waals surface area contributed by atoms with Gasteiger partial charge in [-0.05, 0) is 61.6 Å². The van der Waals surface area contributed by atoms with Gasteiger partial charge in [0.25, 0.3) is 5.91 Å². The van der Waals surface area contributed by atoms with Crippen molar-refractivity contribution < 1.29 is 23.8 Å². The van der Waals surface area contributed by atoms with Gasteiger partial charge in [-0.15, -0.1) is 0 Å². The van der Waals surface area contributed by atoms with Gasteiger partial charge in [-0.25, -0.2) is 4.79 Å². The van der Waals surface area contributed by atoms with Crippen molar-refractivity contribution in [1.82, 2.24) is 9.88 Å². The summed E-state index contributed by atoms with van der Waals surface area (Å²) >= 11 is 0. The molecule has 0 bridgehead atoms. The first-order chi connectivity index (χ1) is 16.3. The molecule has 1 aromatic heterocycles.